The lowest BCUT2D eigenvalue weighted by atomic mass is 9.33. The van der Waals surface area contributed by atoms with Crippen LogP contribution >= 0.6 is 0 Å². The van der Waals surface area contributed by atoms with Crippen LogP contribution in [0.15, 0.2) is 11.6 Å². The number of aliphatic hydroxyl groups is 15. The number of allylic oxidation sites excluding steroid dienone is 2. The van der Waals surface area contributed by atoms with Crippen LogP contribution in [0.25, 0.3) is 0 Å². The molecule has 494 valence electrons. The summed E-state index contributed by atoms with van der Waals surface area (Å²) in [5, 5.41) is 162. The average molecular weight is 1240 g/mol. The van der Waals surface area contributed by atoms with Gasteiger partial charge in [0.1, 0.15) is 110 Å². The highest BCUT2D eigenvalue weighted by Crippen LogP contribution is 2.76. The Balaban J connectivity index is 0.821. The molecular formula is C60H98O26. The summed E-state index contributed by atoms with van der Waals surface area (Å²) in [4.78, 5) is 15.2. The summed E-state index contributed by atoms with van der Waals surface area (Å²) in [6.07, 6.45) is -30.6. The minimum Gasteiger partial charge on any atom is -0.432 e. The second kappa shape index (κ2) is 24.6. The van der Waals surface area contributed by atoms with Crippen molar-refractivity contribution in [3.63, 3.8) is 0 Å². The van der Waals surface area contributed by atoms with Crippen molar-refractivity contribution >= 4 is 5.97 Å². The van der Waals surface area contributed by atoms with E-state index in [1.807, 2.05) is 0 Å². The van der Waals surface area contributed by atoms with E-state index in [0.29, 0.717) is 38.5 Å². The molecule has 15 N–H and O–H groups in total. The Hall–Kier alpha value is -1.75. The first-order valence-corrected chi connectivity index (χ1v) is 31.1. The van der Waals surface area contributed by atoms with Gasteiger partial charge in [-0.1, -0.05) is 60.1 Å². The maximum Gasteiger partial charge on any atom is 0.315 e. The fourth-order valence-corrected chi connectivity index (χ4v) is 17.8. The smallest absolute Gasteiger partial charge is 0.315 e. The van der Waals surface area contributed by atoms with E-state index in [0.717, 1.165) is 25.7 Å². The maximum absolute atomic E-state index is 15.2. The molecule has 10 aliphatic rings. The van der Waals surface area contributed by atoms with Gasteiger partial charge in [-0.2, -0.15) is 0 Å². The van der Waals surface area contributed by atoms with Crippen molar-refractivity contribution in [3.05, 3.63) is 11.6 Å². The molecule has 5 aliphatic carbocycles. The van der Waals surface area contributed by atoms with Crippen LogP contribution < -0.4 is 0 Å². The summed E-state index contributed by atoms with van der Waals surface area (Å²) in [6.45, 7) is 16.7. The van der Waals surface area contributed by atoms with Crippen molar-refractivity contribution in [1.29, 1.82) is 0 Å². The molecule has 5 aliphatic heterocycles. The fourth-order valence-electron chi connectivity index (χ4n) is 17.8. The van der Waals surface area contributed by atoms with Gasteiger partial charge in [0.2, 0.25) is 6.29 Å². The van der Waals surface area contributed by atoms with Gasteiger partial charge in [0, 0.05) is 0 Å². The summed E-state index contributed by atoms with van der Waals surface area (Å²) < 4.78 is 59.3. The van der Waals surface area contributed by atoms with E-state index in [4.69, 9.17) is 47.4 Å². The number of carbonyl (C=O) groups excluding carboxylic acids is 1. The molecule has 0 aromatic rings. The minimum absolute atomic E-state index is 0.125. The van der Waals surface area contributed by atoms with E-state index in [1.54, 1.807) is 0 Å². The molecule has 26 heteroatoms. The first-order chi connectivity index (χ1) is 40.2. The molecule has 5 heterocycles. The van der Waals surface area contributed by atoms with Gasteiger partial charge in [0.25, 0.3) is 0 Å². The Morgan fingerprint density at radius 2 is 1.05 bits per heavy atom. The Bertz CT molecular complexity index is 2400. The van der Waals surface area contributed by atoms with Gasteiger partial charge in [0.05, 0.1) is 43.5 Å². The second-order valence-corrected chi connectivity index (χ2v) is 29.1. The van der Waals surface area contributed by atoms with E-state index in [1.165, 1.54) is 19.4 Å². The topological polar surface area (TPSA) is 413 Å². The molecule has 0 radical (unpaired) electrons. The van der Waals surface area contributed by atoms with Crippen molar-refractivity contribution in [1.82, 2.24) is 0 Å². The predicted molar refractivity (Wildman–Crippen MR) is 293 cm³/mol. The number of carbonyl (C=O) groups is 1. The van der Waals surface area contributed by atoms with Gasteiger partial charge in [-0.3, -0.25) is 4.79 Å². The Labute approximate surface area is 501 Å². The van der Waals surface area contributed by atoms with Gasteiger partial charge in [-0.15, -0.1) is 0 Å². The van der Waals surface area contributed by atoms with Gasteiger partial charge in [0.15, 0.2) is 25.2 Å². The van der Waals surface area contributed by atoms with Crippen LogP contribution in [0.5, 0.6) is 0 Å². The zero-order chi connectivity index (χ0) is 62.9. The third-order valence-corrected chi connectivity index (χ3v) is 23.4. The molecule has 5 saturated heterocycles. The molecule has 0 spiro atoms. The molecule has 0 bridgehead atoms. The van der Waals surface area contributed by atoms with E-state index in [2.05, 4.69) is 54.5 Å². The number of hydrogen-bond acceptors (Lipinski definition) is 26. The van der Waals surface area contributed by atoms with Crippen molar-refractivity contribution in [2.45, 2.75) is 286 Å². The molecule has 86 heavy (non-hydrogen) atoms. The number of aliphatic hydroxyl groups excluding tert-OH is 15. The zero-order valence-corrected chi connectivity index (χ0v) is 50.7. The van der Waals surface area contributed by atoms with Crippen molar-refractivity contribution in [2.75, 3.05) is 19.8 Å². The molecule has 4 saturated carbocycles. The molecule has 26 nitrogen and oxygen atoms in total. The predicted octanol–water partition coefficient (Wildman–Crippen LogP) is -2.16. The minimum atomic E-state index is -1.89. The monoisotopic (exact) mass is 1230 g/mol. The van der Waals surface area contributed by atoms with Crippen LogP contribution in [-0.2, 0) is 52.2 Å². The zero-order valence-electron chi connectivity index (χ0n) is 50.7. The Morgan fingerprint density at radius 1 is 0.512 bits per heavy atom. The van der Waals surface area contributed by atoms with Crippen LogP contribution in [0.1, 0.15) is 127 Å². The van der Waals surface area contributed by atoms with Gasteiger partial charge in [-0.25, -0.2) is 0 Å². The SMILES string of the molecule is CC1OC(OC2C(CO)OC(OCC3OC(OC(=O)C45CCC(C)(C)CC4C4=CCC6C7(C)CCC(OC8OC(CO)C(O)C(OC9OC(C)C(O)C(O)C9O)C8O)C(C)(C)C7CCC6(C)C4(C)CC5)C(O)C(O)C3O)C(O)C2O)C(O)C(O)C1O. The number of esters is 1. The van der Waals surface area contributed by atoms with Crippen LogP contribution in [0.2, 0.25) is 0 Å². The third-order valence-electron chi connectivity index (χ3n) is 23.4. The van der Waals surface area contributed by atoms with Crippen LogP contribution in [0.3, 0.4) is 0 Å². The van der Waals surface area contributed by atoms with Crippen molar-refractivity contribution < 1.29 is 129 Å². The van der Waals surface area contributed by atoms with Gasteiger partial charge in [-0.05, 0) is 123 Å². The van der Waals surface area contributed by atoms with E-state index in [-0.39, 0.29) is 39.4 Å². The standard InChI is InChI=1S/C60H98O26/c1-24-34(63)38(67)42(71)50(78-24)84-47-29(22-62)81-49(45(74)41(47)70)77-23-30-36(65)40(69)44(73)52(82-30)86-54(76)60-18-16-55(3,4)20-27(60)26-10-11-32-57(7)14-13-33(56(5,6)31(57)12-15-59(32,9)58(26,8)17-19-60)83-53-46(75)48(37(66)28(21-61)80-53)85-51-43(72)39(68)35(64)25(2)79-51/h10,24-25,27-53,61-75H,11-23H2,1-9H3. The van der Waals surface area contributed by atoms with Crippen molar-refractivity contribution in [2.24, 2.45) is 50.2 Å². The molecule has 0 amide bonds. The van der Waals surface area contributed by atoms with E-state index in [9.17, 15) is 76.6 Å². The largest absolute Gasteiger partial charge is 0.432 e. The normalized spacial score (nSPS) is 54.5. The van der Waals surface area contributed by atoms with Gasteiger partial charge < -0.3 is 124 Å². The Morgan fingerprint density at radius 3 is 1.66 bits per heavy atom. The number of hydrogen-bond donors (Lipinski definition) is 15. The molecule has 10 rings (SSSR count). The molecule has 0 aromatic carbocycles. The summed E-state index contributed by atoms with van der Waals surface area (Å²) in [6, 6.07) is 0. The molecule has 9 fully saturated rings. The number of ether oxygens (including phenoxy) is 10. The first-order valence-electron chi connectivity index (χ1n) is 31.1. The quantitative estimate of drug-likeness (QED) is 0.0531. The fraction of sp³-hybridized carbons (Fsp3) is 0.950. The maximum atomic E-state index is 15.2. The Kier molecular flexibility index (Phi) is 19.2. The highest BCUT2D eigenvalue weighted by atomic mass is 16.8. The molecule has 33 unspecified atom stereocenters. The van der Waals surface area contributed by atoms with Gasteiger partial charge >= 0.3 is 5.97 Å². The van der Waals surface area contributed by atoms with E-state index >= 15 is 4.79 Å². The van der Waals surface area contributed by atoms with Crippen LogP contribution in [0.4, 0.5) is 0 Å². The molecular weight excluding hydrogens is 1140 g/mol. The second-order valence-electron chi connectivity index (χ2n) is 29.1. The lowest BCUT2D eigenvalue weighted by molar-refractivity contribution is -0.367. The first kappa shape index (κ1) is 67.1. The molecule has 33 atom stereocenters. The summed E-state index contributed by atoms with van der Waals surface area (Å²) in [5.41, 5.74) is -1.30. The number of rotatable bonds is 13. The number of fused-ring (bicyclic) bond motifs is 7. The third kappa shape index (κ3) is 11.2. The lowest BCUT2D eigenvalue weighted by Crippen LogP contribution is -2.67. The highest BCUT2D eigenvalue weighted by Gasteiger charge is 2.70. The highest BCUT2D eigenvalue weighted by molar-refractivity contribution is 5.79. The summed E-state index contributed by atoms with van der Waals surface area (Å²) >= 11 is 0. The van der Waals surface area contributed by atoms with E-state index < -0.39 is 196 Å². The summed E-state index contributed by atoms with van der Waals surface area (Å²) in [5.74, 6) is -0.549. The lowest BCUT2D eigenvalue weighted by Gasteiger charge is -2.71. The summed E-state index contributed by atoms with van der Waals surface area (Å²) in [7, 11) is 0. The van der Waals surface area contributed by atoms with Crippen molar-refractivity contribution in [3.8, 4) is 0 Å². The van der Waals surface area contributed by atoms with Crippen LogP contribution in [-0.4, -0.2) is 262 Å². The van der Waals surface area contributed by atoms with Crippen LogP contribution in [0, 0.1) is 50.2 Å². The average Bonchev–Trinajstić information content (AvgIpc) is 0.684. The molecule has 0 aromatic heterocycles.